The van der Waals surface area contributed by atoms with E-state index in [0.29, 0.717) is 0 Å². The van der Waals surface area contributed by atoms with Gasteiger partial charge in [0.2, 0.25) is 0 Å². The molecule has 4 rings (SSSR count). The molecule has 0 aliphatic carbocycles. The van der Waals surface area contributed by atoms with Crippen molar-refractivity contribution in [3.8, 4) is 11.3 Å². The fourth-order valence-electron chi connectivity index (χ4n) is 4.16. The van der Waals surface area contributed by atoms with Crippen molar-refractivity contribution < 1.29 is 0 Å². The molecule has 1 aliphatic heterocycles. The third-order valence-electron chi connectivity index (χ3n) is 5.67. The molecule has 27 heavy (non-hydrogen) atoms. The van der Waals surface area contributed by atoms with Crippen molar-refractivity contribution in [2.45, 2.75) is 46.6 Å². The summed E-state index contributed by atoms with van der Waals surface area (Å²) in [5.41, 5.74) is 9.16. The van der Waals surface area contributed by atoms with E-state index in [2.05, 4.69) is 60.2 Å². The summed E-state index contributed by atoms with van der Waals surface area (Å²) < 4.78 is 1.84. The van der Waals surface area contributed by atoms with Crippen LogP contribution < -0.4 is 4.90 Å². The predicted molar refractivity (Wildman–Crippen MR) is 109 cm³/mol. The monoisotopic (exact) mass is 361 g/mol. The molecule has 0 saturated carbocycles. The van der Waals surface area contributed by atoms with Crippen LogP contribution in [0, 0.1) is 6.92 Å². The topological polar surface area (TPSA) is 46.8 Å². The van der Waals surface area contributed by atoms with Crippen molar-refractivity contribution in [3.05, 3.63) is 58.4 Å². The number of hydrogen-bond acceptors (Lipinski definition) is 4. The number of fused-ring (bicyclic) bond motifs is 1. The van der Waals surface area contributed by atoms with Crippen LogP contribution in [0.4, 0.5) is 5.82 Å². The first-order valence-electron chi connectivity index (χ1n) is 9.82. The Hall–Kier alpha value is -2.69. The van der Waals surface area contributed by atoms with Gasteiger partial charge in [-0.1, -0.05) is 37.3 Å². The first-order valence-corrected chi connectivity index (χ1v) is 9.82. The lowest BCUT2D eigenvalue weighted by Crippen LogP contribution is -2.33. The summed E-state index contributed by atoms with van der Waals surface area (Å²) in [5.74, 6) is 1.06. The highest BCUT2D eigenvalue weighted by atomic mass is 15.5. The molecular formula is C22H27N5. The van der Waals surface area contributed by atoms with Crippen LogP contribution in [0.3, 0.4) is 0 Å². The molecule has 2 aromatic heterocycles. The molecule has 0 fully saturated rings. The van der Waals surface area contributed by atoms with E-state index in [1.807, 2.05) is 17.9 Å². The first kappa shape index (κ1) is 17.7. The Morgan fingerprint density at radius 2 is 1.85 bits per heavy atom. The molecular weight excluding hydrogens is 334 g/mol. The van der Waals surface area contributed by atoms with E-state index in [4.69, 9.17) is 4.98 Å². The average molecular weight is 361 g/mol. The molecule has 0 atom stereocenters. The second kappa shape index (κ2) is 7.14. The fourth-order valence-corrected chi connectivity index (χ4v) is 4.16. The predicted octanol–water partition coefficient (Wildman–Crippen LogP) is 3.87. The Morgan fingerprint density at radius 1 is 1.11 bits per heavy atom. The van der Waals surface area contributed by atoms with Crippen LogP contribution >= 0.6 is 0 Å². The summed E-state index contributed by atoms with van der Waals surface area (Å²) in [4.78, 5) is 7.48. The number of aryl methyl sites for hydroxylation is 4. The molecule has 0 spiro atoms. The first-order chi connectivity index (χ1) is 13.1. The van der Waals surface area contributed by atoms with Gasteiger partial charge in [-0.05, 0) is 48.1 Å². The summed E-state index contributed by atoms with van der Waals surface area (Å²) in [6.45, 7) is 8.48. The lowest BCUT2D eigenvalue weighted by Gasteiger charge is -2.31. The molecule has 3 aromatic rings. The zero-order valence-corrected chi connectivity index (χ0v) is 16.7. The minimum absolute atomic E-state index is 0.867. The Balaban J connectivity index is 1.75. The normalized spacial score (nSPS) is 13.7. The third-order valence-corrected chi connectivity index (χ3v) is 5.67. The van der Waals surface area contributed by atoms with Gasteiger partial charge in [0.1, 0.15) is 5.82 Å². The minimum atomic E-state index is 0.867. The van der Waals surface area contributed by atoms with Gasteiger partial charge in [0.15, 0.2) is 0 Å². The molecule has 0 amide bonds. The molecule has 140 valence electrons. The zero-order valence-electron chi connectivity index (χ0n) is 16.7. The zero-order chi connectivity index (χ0) is 19.0. The Labute approximate surface area is 161 Å². The maximum absolute atomic E-state index is 5.14. The summed E-state index contributed by atoms with van der Waals surface area (Å²) >= 11 is 0. The number of benzene rings is 1. The van der Waals surface area contributed by atoms with E-state index in [0.717, 1.165) is 43.9 Å². The fraction of sp³-hybridized carbons (Fsp3) is 0.409. The van der Waals surface area contributed by atoms with Gasteiger partial charge in [-0.25, -0.2) is 4.68 Å². The average Bonchev–Trinajstić information content (AvgIpc) is 3.12. The van der Waals surface area contributed by atoms with Crippen molar-refractivity contribution >= 4 is 5.82 Å². The maximum Gasteiger partial charge on any atom is 0.147 e. The standard InChI is InChI=1S/C22H27N5/c1-5-16-8-7-9-17(6-2)22(16)20-12-15(3)18-14-27(11-10-19(18)24-20)21-13-23-25-26(21)4/h7-9,12-13H,5-6,10-11,14H2,1-4H3. The van der Waals surface area contributed by atoms with Crippen LogP contribution in [0.15, 0.2) is 30.5 Å². The van der Waals surface area contributed by atoms with Crippen molar-refractivity contribution in [2.75, 3.05) is 11.4 Å². The van der Waals surface area contributed by atoms with E-state index < -0.39 is 0 Å². The second-order valence-electron chi connectivity index (χ2n) is 7.30. The summed E-state index contributed by atoms with van der Waals surface area (Å²) in [7, 11) is 1.94. The van der Waals surface area contributed by atoms with E-state index in [1.165, 1.54) is 33.5 Å². The minimum Gasteiger partial charge on any atom is -0.351 e. The Bertz CT molecular complexity index is 951. The van der Waals surface area contributed by atoms with E-state index in [-0.39, 0.29) is 0 Å². The molecule has 0 bridgehead atoms. The van der Waals surface area contributed by atoms with Gasteiger partial charge in [0.25, 0.3) is 0 Å². The van der Waals surface area contributed by atoms with E-state index in [9.17, 15) is 0 Å². The molecule has 1 aromatic carbocycles. The van der Waals surface area contributed by atoms with Gasteiger partial charge in [-0.2, -0.15) is 0 Å². The Morgan fingerprint density at radius 3 is 2.48 bits per heavy atom. The quantitative estimate of drug-likeness (QED) is 0.708. The van der Waals surface area contributed by atoms with Crippen LogP contribution in [0.2, 0.25) is 0 Å². The van der Waals surface area contributed by atoms with Crippen molar-refractivity contribution in [3.63, 3.8) is 0 Å². The van der Waals surface area contributed by atoms with Gasteiger partial charge >= 0.3 is 0 Å². The molecule has 5 nitrogen and oxygen atoms in total. The van der Waals surface area contributed by atoms with Crippen LogP contribution in [-0.4, -0.2) is 26.5 Å². The molecule has 0 N–H and O–H groups in total. The number of aromatic nitrogens is 4. The van der Waals surface area contributed by atoms with Gasteiger partial charge in [0.05, 0.1) is 11.9 Å². The molecule has 3 heterocycles. The highest BCUT2D eigenvalue weighted by molar-refractivity contribution is 5.69. The highest BCUT2D eigenvalue weighted by Gasteiger charge is 2.23. The van der Waals surface area contributed by atoms with Crippen molar-refractivity contribution in [2.24, 2.45) is 7.05 Å². The largest absolute Gasteiger partial charge is 0.351 e. The van der Waals surface area contributed by atoms with Gasteiger partial charge < -0.3 is 4.90 Å². The van der Waals surface area contributed by atoms with E-state index >= 15 is 0 Å². The van der Waals surface area contributed by atoms with Crippen LogP contribution in [0.5, 0.6) is 0 Å². The van der Waals surface area contributed by atoms with Crippen molar-refractivity contribution in [1.29, 1.82) is 0 Å². The van der Waals surface area contributed by atoms with Gasteiger partial charge in [-0.15, -0.1) is 5.10 Å². The number of pyridine rings is 1. The van der Waals surface area contributed by atoms with Crippen LogP contribution in [0.1, 0.15) is 41.8 Å². The maximum atomic E-state index is 5.14. The lowest BCUT2D eigenvalue weighted by atomic mass is 9.92. The molecule has 0 saturated heterocycles. The highest BCUT2D eigenvalue weighted by Crippen LogP contribution is 2.32. The summed E-state index contributed by atoms with van der Waals surface area (Å²) in [5, 5.41) is 8.09. The van der Waals surface area contributed by atoms with Gasteiger partial charge in [-0.3, -0.25) is 4.98 Å². The smallest absolute Gasteiger partial charge is 0.147 e. The van der Waals surface area contributed by atoms with E-state index in [1.54, 1.807) is 0 Å². The third kappa shape index (κ3) is 3.11. The number of rotatable bonds is 4. The SMILES string of the molecule is CCc1cccc(CC)c1-c1cc(C)c2c(n1)CCN(c1cnnn1C)C2. The number of hydrogen-bond donors (Lipinski definition) is 0. The summed E-state index contributed by atoms with van der Waals surface area (Å²) in [6, 6.07) is 8.92. The Kier molecular flexibility index (Phi) is 4.68. The van der Waals surface area contributed by atoms with Crippen LogP contribution in [0.25, 0.3) is 11.3 Å². The number of anilines is 1. The summed E-state index contributed by atoms with van der Waals surface area (Å²) in [6.07, 6.45) is 4.85. The lowest BCUT2D eigenvalue weighted by molar-refractivity contribution is 0.648. The van der Waals surface area contributed by atoms with Crippen LogP contribution in [-0.2, 0) is 32.9 Å². The van der Waals surface area contributed by atoms with Crippen molar-refractivity contribution in [1.82, 2.24) is 20.0 Å². The molecule has 5 heteroatoms. The molecule has 0 radical (unpaired) electrons. The molecule has 1 aliphatic rings. The van der Waals surface area contributed by atoms with Gasteiger partial charge in [0, 0.05) is 37.8 Å². The second-order valence-corrected chi connectivity index (χ2v) is 7.30. The molecule has 0 unspecified atom stereocenters. The number of nitrogens with zero attached hydrogens (tertiary/aromatic N) is 5.